The molecule has 0 radical (unpaired) electrons. The second kappa shape index (κ2) is 6.14. The van der Waals surface area contributed by atoms with Crippen LogP contribution in [0.4, 0.5) is 0 Å². The van der Waals surface area contributed by atoms with Crippen molar-refractivity contribution in [3.63, 3.8) is 0 Å². The Hall–Kier alpha value is -2.17. The molecule has 1 heterocycles. The molecule has 2 aromatic carbocycles. The van der Waals surface area contributed by atoms with Crippen LogP contribution in [0.25, 0.3) is 0 Å². The van der Waals surface area contributed by atoms with E-state index in [0.717, 1.165) is 11.1 Å². The molecule has 4 nitrogen and oxygen atoms in total. The summed E-state index contributed by atoms with van der Waals surface area (Å²) in [7, 11) is 0. The van der Waals surface area contributed by atoms with Gasteiger partial charge >= 0.3 is 0 Å². The van der Waals surface area contributed by atoms with Crippen molar-refractivity contribution in [3.05, 3.63) is 71.8 Å². The number of carbonyl (C=O) groups excluding carboxylic acids is 1. The van der Waals surface area contributed by atoms with E-state index in [2.05, 4.69) is 5.32 Å². The lowest BCUT2D eigenvalue weighted by atomic mass is 10.0. The van der Waals surface area contributed by atoms with Crippen LogP contribution in [0.1, 0.15) is 31.1 Å². The minimum absolute atomic E-state index is 0.0739. The van der Waals surface area contributed by atoms with Crippen molar-refractivity contribution in [2.24, 2.45) is 0 Å². The summed E-state index contributed by atoms with van der Waals surface area (Å²) >= 11 is 0. The van der Waals surface area contributed by atoms with Crippen molar-refractivity contribution < 1.29 is 9.90 Å². The summed E-state index contributed by atoms with van der Waals surface area (Å²) in [5, 5.41) is 13.9. The SMILES string of the molecule is CC1(C)N[C@@H]([C@H](O)c2ccccc2)C(=O)N1Cc1ccccc1. The molecule has 0 aliphatic carbocycles. The van der Waals surface area contributed by atoms with Crippen molar-refractivity contribution in [1.82, 2.24) is 10.2 Å². The monoisotopic (exact) mass is 310 g/mol. The Morgan fingerprint density at radius 1 is 1.09 bits per heavy atom. The van der Waals surface area contributed by atoms with Crippen molar-refractivity contribution in [2.45, 2.75) is 38.2 Å². The number of benzene rings is 2. The molecule has 1 aliphatic heterocycles. The zero-order valence-electron chi connectivity index (χ0n) is 13.4. The van der Waals surface area contributed by atoms with Gasteiger partial charge in [-0.1, -0.05) is 60.7 Å². The summed E-state index contributed by atoms with van der Waals surface area (Å²) in [5.41, 5.74) is 1.31. The topological polar surface area (TPSA) is 52.6 Å². The zero-order chi connectivity index (χ0) is 16.4. The van der Waals surface area contributed by atoms with Crippen LogP contribution in [-0.2, 0) is 11.3 Å². The Kier molecular flexibility index (Phi) is 4.20. The van der Waals surface area contributed by atoms with E-state index in [1.165, 1.54) is 0 Å². The van der Waals surface area contributed by atoms with Gasteiger partial charge in [0, 0.05) is 6.54 Å². The highest BCUT2D eigenvalue weighted by molar-refractivity contribution is 5.85. The quantitative estimate of drug-likeness (QED) is 0.912. The molecular formula is C19H22N2O2. The van der Waals surface area contributed by atoms with Gasteiger partial charge in [0.25, 0.3) is 0 Å². The van der Waals surface area contributed by atoms with E-state index < -0.39 is 17.8 Å². The van der Waals surface area contributed by atoms with E-state index in [0.29, 0.717) is 6.54 Å². The summed E-state index contributed by atoms with van der Waals surface area (Å²) in [6.07, 6.45) is -0.858. The summed E-state index contributed by atoms with van der Waals surface area (Å²) in [4.78, 5) is 14.6. The maximum atomic E-state index is 12.8. The third kappa shape index (κ3) is 3.14. The van der Waals surface area contributed by atoms with Gasteiger partial charge in [-0.25, -0.2) is 0 Å². The van der Waals surface area contributed by atoms with E-state index in [4.69, 9.17) is 0 Å². The Labute approximate surface area is 136 Å². The molecule has 1 aliphatic rings. The molecule has 1 amide bonds. The highest BCUT2D eigenvalue weighted by Crippen LogP contribution is 2.30. The van der Waals surface area contributed by atoms with Gasteiger partial charge in [-0.2, -0.15) is 0 Å². The van der Waals surface area contributed by atoms with Gasteiger partial charge in [0.15, 0.2) is 0 Å². The van der Waals surface area contributed by atoms with Gasteiger partial charge in [-0.05, 0) is 25.0 Å². The standard InChI is InChI=1S/C19H22N2O2/c1-19(2)20-16(17(22)15-11-7-4-8-12-15)18(23)21(19)13-14-9-5-3-6-10-14/h3-12,16-17,20,22H,13H2,1-2H3/t16-,17+/m0/s1. The number of amides is 1. The van der Waals surface area contributed by atoms with Crippen LogP contribution in [-0.4, -0.2) is 27.6 Å². The normalized spacial score (nSPS) is 21.4. The Bertz CT molecular complexity index is 670. The van der Waals surface area contributed by atoms with Crippen LogP contribution in [0.15, 0.2) is 60.7 Å². The van der Waals surface area contributed by atoms with Crippen LogP contribution in [0.3, 0.4) is 0 Å². The van der Waals surface area contributed by atoms with Crippen molar-refractivity contribution in [2.75, 3.05) is 0 Å². The van der Waals surface area contributed by atoms with Crippen LogP contribution in [0, 0.1) is 0 Å². The van der Waals surface area contributed by atoms with Gasteiger partial charge in [0.05, 0.1) is 5.66 Å². The second-order valence-electron chi connectivity index (χ2n) is 6.45. The number of hydrogen-bond donors (Lipinski definition) is 2. The number of carbonyl (C=O) groups is 1. The molecule has 2 N–H and O–H groups in total. The van der Waals surface area contributed by atoms with E-state index in [9.17, 15) is 9.90 Å². The number of hydrogen-bond acceptors (Lipinski definition) is 3. The van der Waals surface area contributed by atoms with Gasteiger partial charge in [0.1, 0.15) is 12.1 Å². The van der Waals surface area contributed by atoms with Gasteiger partial charge in [-0.3, -0.25) is 10.1 Å². The smallest absolute Gasteiger partial charge is 0.244 e. The Morgan fingerprint density at radius 2 is 1.65 bits per heavy atom. The van der Waals surface area contributed by atoms with E-state index in [1.54, 1.807) is 4.90 Å². The molecule has 0 saturated carbocycles. The molecule has 2 aromatic rings. The minimum atomic E-state index is -0.858. The van der Waals surface area contributed by atoms with Gasteiger partial charge in [-0.15, -0.1) is 0 Å². The van der Waals surface area contributed by atoms with Crippen molar-refractivity contribution in [3.8, 4) is 0 Å². The number of aliphatic hydroxyl groups excluding tert-OH is 1. The molecule has 120 valence electrons. The molecule has 3 rings (SSSR count). The molecule has 1 saturated heterocycles. The fourth-order valence-electron chi connectivity index (χ4n) is 3.06. The third-order valence-electron chi connectivity index (χ3n) is 4.36. The van der Waals surface area contributed by atoms with Crippen molar-refractivity contribution in [1.29, 1.82) is 0 Å². The summed E-state index contributed by atoms with van der Waals surface area (Å²) in [6.45, 7) is 4.45. The highest BCUT2D eigenvalue weighted by Gasteiger charge is 2.47. The van der Waals surface area contributed by atoms with Crippen LogP contribution < -0.4 is 5.32 Å². The molecule has 1 fully saturated rings. The number of aliphatic hydroxyl groups is 1. The third-order valence-corrected chi connectivity index (χ3v) is 4.36. The van der Waals surface area contributed by atoms with Gasteiger partial charge < -0.3 is 10.0 Å². The largest absolute Gasteiger partial charge is 0.386 e. The van der Waals surface area contributed by atoms with E-state index in [1.807, 2.05) is 74.5 Å². The number of nitrogens with zero attached hydrogens (tertiary/aromatic N) is 1. The first-order chi connectivity index (χ1) is 11.0. The fraction of sp³-hybridized carbons (Fsp3) is 0.316. The first-order valence-electron chi connectivity index (χ1n) is 7.85. The molecule has 0 spiro atoms. The molecule has 2 atom stereocenters. The van der Waals surface area contributed by atoms with Crippen molar-refractivity contribution >= 4 is 5.91 Å². The van der Waals surface area contributed by atoms with E-state index in [-0.39, 0.29) is 5.91 Å². The minimum Gasteiger partial charge on any atom is -0.386 e. The first-order valence-corrected chi connectivity index (χ1v) is 7.85. The number of rotatable bonds is 4. The van der Waals surface area contributed by atoms with Crippen LogP contribution >= 0.6 is 0 Å². The molecule has 23 heavy (non-hydrogen) atoms. The maximum absolute atomic E-state index is 12.8. The average molecular weight is 310 g/mol. The van der Waals surface area contributed by atoms with Gasteiger partial charge in [0.2, 0.25) is 5.91 Å². The molecule has 0 bridgehead atoms. The average Bonchev–Trinajstić information content (AvgIpc) is 2.79. The second-order valence-corrected chi connectivity index (χ2v) is 6.45. The predicted molar refractivity (Wildman–Crippen MR) is 89.4 cm³/mol. The fourth-order valence-corrected chi connectivity index (χ4v) is 3.06. The molecular weight excluding hydrogens is 288 g/mol. The molecule has 0 unspecified atom stereocenters. The Balaban J connectivity index is 1.82. The molecule has 0 aromatic heterocycles. The highest BCUT2D eigenvalue weighted by atomic mass is 16.3. The lowest BCUT2D eigenvalue weighted by Crippen LogP contribution is -2.47. The zero-order valence-corrected chi connectivity index (χ0v) is 13.4. The van der Waals surface area contributed by atoms with E-state index >= 15 is 0 Å². The lowest BCUT2D eigenvalue weighted by molar-refractivity contribution is -0.134. The summed E-state index contributed by atoms with van der Waals surface area (Å²) < 4.78 is 0. The Morgan fingerprint density at radius 3 is 2.26 bits per heavy atom. The summed E-state index contributed by atoms with van der Waals surface area (Å²) in [5.74, 6) is -0.0739. The number of nitrogens with one attached hydrogen (secondary N) is 1. The lowest BCUT2D eigenvalue weighted by Gasteiger charge is -2.31. The van der Waals surface area contributed by atoms with Crippen LogP contribution in [0.5, 0.6) is 0 Å². The first kappa shape index (κ1) is 15.7. The maximum Gasteiger partial charge on any atom is 0.244 e. The predicted octanol–water partition coefficient (Wildman–Crippen LogP) is 2.46. The van der Waals surface area contributed by atoms with Crippen LogP contribution in [0.2, 0.25) is 0 Å². The molecule has 4 heteroatoms. The summed E-state index contributed by atoms with van der Waals surface area (Å²) in [6, 6.07) is 18.6.